The second-order valence-electron chi connectivity index (χ2n) is 4.48. The number of amidine groups is 1. The minimum atomic E-state index is 0.384. The fourth-order valence-corrected chi connectivity index (χ4v) is 1.90. The Morgan fingerprint density at radius 1 is 0.955 bits per heavy atom. The quantitative estimate of drug-likeness (QED) is 0.482. The van der Waals surface area contributed by atoms with Crippen molar-refractivity contribution in [1.82, 2.24) is 0 Å². The fraction of sp³-hybridized carbons (Fsp3) is 0. The molecular formula is C19H18N2O. The first-order valence-electron chi connectivity index (χ1n) is 6.84. The van der Waals surface area contributed by atoms with E-state index in [-0.39, 0.29) is 0 Å². The van der Waals surface area contributed by atoms with Crippen LogP contribution in [0.4, 0.5) is 0 Å². The lowest BCUT2D eigenvalue weighted by atomic mass is 10.1. The summed E-state index contributed by atoms with van der Waals surface area (Å²) < 4.78 is 5.76. The molecule has 0 heterocycles. The summed E-state index contributed by atoms with van der Waals surface area (Å²) in [5.41, 5.74) is 7.63. The van der Waals surface area contributed by atoms with Crippen LogP contribution in [0.3, 0.4) is 0 Å². The van der Waals surface area contributed by atoms with Crippen LogP contribution in [-0.2, 0) is 0 Å². The van der Waals surface area contributed by atoms with Gasteiger partial charge in [-0.15, -0.1) is 0 Å². The Labute approximate surface area is 130 Å². The van der Waals surface area contributed by atoms with E-state index in [4.69, 9.17) is 10.5 Å². The SMILES string of the molecule is C=C/N=C(N)\C=C(\C=C)c1ccc(Oc2ccccc2)cc1. The first-order chi connectivity index (χ1) is 10.7. The third kappa shape index (κ3) is 4.21. The first kappa shape index (κ1) is 15.3. The van der Waals surface area contributed by atoms with Crippen LogP contribution in [0.1, 0.15) is 5.56 Å². The van der Waals surface area contributed by atoms with Gasteiger partial charge in [-0.05, 0) is 41.5 Å². The van der Waals surface area contributed by atoms with Gasteiger partial charge in [-0.1, -0.05) is 49.6 Å². The van der Waals surface area contributed by atoms with Gasteiger partial charge in [-0.3, -0.25) is 0 Å². The zero-order chi connectivity index (χ0) is 15.8. The van der Waals surface area contributed by atoms with E-state index in [1.807, 2.05) is 54.6 Å². The van der Waals surface area contributed by atoms with Crippen molar-refractivity contribution in [2.45, 2.75) is 0 Å². The number of nitrogens with zero attached hydrogens (tertiary/aromatic N) is 1. The molecule has 0 saturated carbocycles. The molecule has 0 aliphatic carbocycles. The van der Waals surface area contributed by atoms with Crippen molar-refractivity contribution in [3.05, 3.63) is 91.7 Å². The number of nitrogens with two attached hydrogens (primary N) is 1. The molecule has 0 aromatic heterocycles. The number of ether oxygens (including phenoxy) is 1. The van der Waals surface area contributed by atoms with E-state index in [2.05, 4.69) is 18.2 Å². The molecule has 0 spiro atoms. The van der Waals surface area contributed by atoms with Crippen LogP contribution in [-0.4, -0.2) is 5.84 Å². The Morgan fingerprint density at radius 3 is 2.18 bits per heavy atom. The highest BCUT2D eigenvalue weighted by Gasteiger charge is 2.01. The smallest absolute Gasteiger partial charge is 0.127 e. The lowest BCUT2D eigenvalue weighted by Gasteiger charge is -2.07. The summed E-state index contributed by atoms with van der Waals surface area (Å²) in [6, 6.07) is 17.4. The second kappa shape index (κ2) is 7.64. The predicted octanol–water partition coefficient (Wildman–Crippen LogP) is 4.55. The van der Waals surface area contributed by atoms with Crippen molar-refractivity contribution in [1.29, 1.82) is 0 Å². The summed E-state index contributed by atoms with van der Waals surface area (Å²) in [4.78, 5) is 3.92. The third-order valence-electron chi connectivity index (χ3n) is 2.93. The Kier molecular flexibility index (Phi) is 5.32. The van der Waals surface area contributed by atoms with Gasteiger partial charge in [0.2, 0.25) is 0 Å². The minimum absolute atomic E-state index is 0.384. The van der Waals surface area contributed by atoms with E-state index in [9.17, 15) is 0 Å². The molecule has 2 rings (SSSR count). The molecule has 2 N–H and O–H groups in total. The fourth-order valence-electron chi connectivity index (χ4n) is 1.90. The molecule has 0 unspecified atom stereocenters. The number of hydrogen-bond acceptors (Lipinski definition) is 2. The molecule has 0 aliphatic rings. The summed E-state index contributed by atoms with van der Waals surface area (Å²) in [5, 5.41) is 0. The van der Waals surface area contributed by atoms with Crippen LogP contribution in [0, 0.1) is 0 Å². The molecule has 0 amide bonds. The van der Waals surface area contributed by atoms with Gasteiger partial charge in [0.05, 0.1) is 0 Å². The zero-order valence-electron chi connectivity index (χ0n) is 12.3. The van der Waals surface area contributed by atoms with Gasteiger partial charge in [-0.2, -0.15) is 0 Å². The van der Waals surface area contributed by atoms with E-state index < -0.39 is 0 Å². The maximum Gasteiger partial charge on any atom is 0.127 e. The summed E-state index contributed by atoms with van der Waals surface area (Å²) in [6.07, 6.45) is 4.89. The highest BCUT2D eigenvalue weighted by molar-refractivity contribution is 6.00. The number of aliphatic imine (C=N–C) groups is 1. The molecule has 110 valence electrons. The third-order valence-corrected chi connectivity index (χ3v) is 2.93. The molecular weight excluding hydrogens is 272 g/mol. The van der Waals surface area contributed by atoms with Crippen LogP contribution >= 0.6 is 0 Å². The standard InChI is InChI=1S/C19H18N2O/c1-3-15(14-19(20)21-4-2)16-10-12-18(13-11-16)22-17-8-6-5-7-9-17/h3-14H,1-2H2,(H2,20,21)/b15-14-. The van der Waals surface area contributed by atoms with Crippen LogP contribution in [0.25, 0.3) is 5.57 Å². The van der Waals surface area contributed by atoms with Crippen LogP contribution in [0.5, 0.6) is 11.5 Å². The van der Waals surface area contributed by atoms with Gasteiger partial charge < -0.3 is 10.5 Å². The van der Waals surface area contributed by atoms with Crippen LogP contribution in [0.15, 0.2) is 91.1 Å². The van der Waals surface area contributed by atoms with E-state index in [1.165, 1.54) is 6.20 Å². The number of benzene rings is 2. The van der Waals surface area contributed by atoms with E-state index in [0.717, 1.165) is 22.6 Å². The summed E-state index contributed by atoms with van der Waals surface area (Å²) >= 11 is 0. The second-order valence-corrected chi connectivity index (χ2v) is 4.48. The van der Waals surface area contributed by atoms with Gasteiger partial charge in [0.1, 0.15) is 17.3 Å². The molecule has 3 heteroatoms. The van der Waals surface area contributed by atoms with Crippen molar-refractivity contribution >= 4 is 11.4 Å². The van der Waals surface area contributed by atoms with Gasteiger partial charge in [0, 0.05) is 6.20 Å². The summed E-state index contributed by atoms with van der Waals surface area (Å²) in [5.74, 6) is 1.96. The number of hydrogen-bond donors (Lipinski definition) is 1. The van der Waals surface area contributed by atoms with E-state index in [1.54, 1.807) is 12.2 Å². The van der Waals surface area contributed by atoms with Crippen LogP contribution in [0.2, 0.25) is 0 Å². The molecule has 0 radical (unpaired) electrons. The Balaban J connectivity index is 2.18. The van der Waals surface area contributed by atoms with Gasteiger partial charge >= 0.3 is 0 Å². The van der Waals surface area contributed by atoms with Gasteiger partial charge in [0.25, 0.3) is 0 Å². The van der Waals surface area contributed by atoms with Crippen molar-refractivity contribution < 1.29 is 4.74 Å². The van der Waals surface area contributed by atoms with E-state index in [0.29, 0.717) is 5.84 Å². The maximum atomic E-state index is 5.76. The van der Waals surface area contributed by atoms with E-state index >= 15 is 0 Å². The molecule has 3 nitrogen and oxygen atoms in total. The highest BCUT2D eigenvalue weighted by Crippen LogP contribution is 2.24. The normalized spacial score (nSPS) is 11.8. The molecule has 0 saturated heterocycles. The lowest BCUT2D eigenvalue weighted by molar-refractivity contribution is 0.482. The number of rotatable bonds is 6. The van der Waals surface area contributed by atoms with Crippen molar-refractivity contribution in [3.8, 4) is 11.5 Å². The molecule has 0 fully saturated rings. The van der Waals surface area contributed by atoms with Crippen molar-refractivity contribution in [2.75, 3.05) is 0 Å². The molecule has 22 heavy (non-hydrogen) atoms. The average molecular weight is 290 g/mol. The van der Waals surface area contributed by atoms with Gasteiger partial charge in [0.15, 0.2) is 0 Å². The largest absolute Gasteiger partial charge is 0.457 e. The van der Waals surface area contributed by atoms with Crippen molar-refractivity contribution in [3.63, 3.8) is 0 Å². The Hall–Kier alpha value is -3.07. The van der Waals surface area contributed by atoms with Crippen LogP contribution < -0.4 is 10.5 Å². The van der Waals surface area contributed by atoms with Crippen molar-refractivity contribution in [2.24, 2.45) is 10.7 Å². The predicted molar refractivity (Wildman–Crippen MR) is 93.0 cm³/mol. The zero-order valence-corrected chi connectivity index (χ0v) is 12.3. The Bertz CT molecular complexity index is 698. The summed E-state index contributed by atoms with van der Waals surface area (Å²) in [7, 11) is 0. The molecule has 2 aromatic rings. The average Bonchev–Trinajstić information content (AvgIpc) is 2.55. The highest BCUT2D eigenvalue weighted by atomic mass is 16.5. The number of para-hydroxylation sites is 1. The minimum Gasteiger partial charge on any atom is -0.457 e. The number of allylic oxidation sites excluding steroid dienone is 2. The maximum absolute atomic E-state index is 5.76. The molecule has 0 atom stereocenters. The summed E-state index contributed by atoms with van der Waals surface area (Å²) in [6.45, 7) is 7.32. The molecule has 0 aliphatic heterocycles. The lowest BCUT2D eigenvalue weighted by Crippen LogP contribution is -2.07. The monoisotopic (exact) mass is 290 g/mol. The van der Waals surface area contributed by atoms with Gasteiger partial charge in [-0.25, -0.2) is 4.99 Å². The Morgan fingerprint density at radius 2 is 1.59 bits per heavy atom. The molecule has 2 aromatic carbocycles. The topological polar surface area (TPSA) is 47.6 Å². The first-order valence-corrected chi connectivity index (χ1v) is 6.84. The molecule has 0 bridgehead atoms.